The Hall–Kier alpha value is -1.06. The summed E-state index contributed by atoms with van der Waals surface area (Å²) in [5.74, 6) is 0.0488. The van der Waals surface area contributed by atoms with Crippen molar-refractivity contribution >= 4 is 17.5 Å². The van der Waals surface area contributed by atoms with Gasteiger partial charge in [-0.2, -0.15) is 0 Å². The molecule has 18 heavy (non-hydrogen) atoms. The summed E-state index contributed by atoms with van der Waals surface area (Å²) in [4.78, 5) is 13.7. The molecule has 0 aliphatic carbocycles. The predicted octanol–water partition coefficient (Wildman–Crippen LogP) is 3.04. The van der Waals surface area contributed by atoms with Crippen LogP contribution in [-0.2, 0) is 9.53 Å². The van der Waals surface area contributed by atoms with Crippen molar-refractivity contribution in [1.29, 1.82) is 0 Å². The molecule has 1 amide bonds. The summed E-state index contributed by atoms with van der Waals surface area (Å²) < 4.78 is 5.61. The van der Waals surface area contributed by atoms with E-state index in [0.29, 0.717) is 11.6 Å². The molecule has 98 valence electrons. The van der Waals surface area contributed by atoms with E-state index >= 15 is 0 Å². The molecule has 0 spiro atoms. The second-order valence-electron chi connectivity index (χ2n) is 5.53. The van der Waals surface area contributed by atoms with Crippen molar-refractivity contribution in [3.63, 3.8) is 0 Å². The number of hydrogen-bond donors (Lipinski definition) is 0. The van der Waals surface area contributed by atoms with Gasteiger partial charge in [0.1, 0.15) is 12.7 Å². The lowest BCUT2D eigenvalue weighted by atomic mass is 10.0. The quantitative estimate of drug-likeness (QED) is 0.783. The van der Waals surface area contributed by atoms with Gasteiger partial charge in [-0.25, -0.2) is 0 Å². The Morgan fingerprint density at radius 2 is 1.89 bits per heavy atom. The second-order valence-corrected chi connectivity index (χ2v) is 5.96. The normalized spacial score (nSPS) is 21.2. The molecule has 1 saturated heterocycles. The van der Waals surface area contributed by atoms with Crippen LogP contribution in [0.3, 0.4) is 0 Å². The monoisotopic (exact) mass is 267 g/mol. The van der Waals surface area contributed by atoms with E-state index in [0.717, 1.165) is 5.56 Å². The van der Waals surface area contributed by atoms with Gasteiger partial charge >= 0.3 is 0 Å². The molecule has 0 radical (unpaired) electrons. The van der Waals surface area contributed by atoms with Gasteiger partial charge < -0.3 is 9.64 Å². The molecule has 1 aliphatic rings. The number of ether oxygens (including phenoxy) is 1. The summed E-state index contributed by atoms with van der Waals surface area (Å²) in [7, 11) is 0. The maximum absolute atomic E-state index is 11.9. The van der Waals surface area contributed by atoms with Gasteiger partial charge in [0.25, 0.3) is 0 Å². The van der Waals surface area contributed by atoms with Gasteiger partial charge in [-0.05, 0) is 38.5 Å². The third-order valence-corrected chi connectivity index (χ3v) is 3.36. The third kappa shape index (κ3) is 2.85. The van der Waals surface area contributed by atoms with Crippen LogP contribution >= 0.6 is 11.6 Å². The molecule has 0 saturated carbocycles. The van der Waals surface area contributed by atoms with E-state index in [1.807, 2.05) is 49.9 Å². The highest BCUT2D eigenvalue weighted by molar-refractivity contribution is 6.30. The van der Waals surface area contributed by atoms with Gasteiger partial charge in [0.05, 0.1) is 6.54 Å². The lowest BCUT2D eigenvalue weighted by molar-refractivity contribution is -0.156. The topological polar surface area (TPSA) is 29.5 Å². The van der Waals surface area contributed by atoms with Crippen molar-refractivity contribution in [2.24, 2.45) is 0 Å². The Balaban J connectivity index is 2.17. The summed E-state index contributed by atoms with van der Waals surface area (Å²) >= 11 is 5.87. The number of amides is 1. The third-order valence-electron chi connectivity index (χ3n) is 3.11. The Morgan fingerprint density at radius 3 is 2.44 bits per heavy atom. The molecule has 0 aromatic heterocycles. The average Bonchev–Trinajstić information content (AvgIpc) is 2.29. The van der Waals surface area contributed by atoms with Gasteiger partial charge in [0.15, 0.2) is 0 Å². The number of rotatable bonds is 1. The molecule has 1 aromatic carbocycles. The number of nitrogens with zero attached hydrogens (tertiary/aromatic N) is 1. The molecule has 1 heterocycles. The number of carbonyl (C=O) groups is 1. The van der Waals surface area contributed by atoms with Crippen molar-refractivity contribution in [2.75, 3.05) is 13.2 Å². The van der Waals surface area contributed by atoms with E-state index in [1.165, 1.54) is 0 Å². The van der Waals surface area contributed by atoms with E-state index in [4.69, 9.17) is 16.3 Å². The molecule has 3 nitrogen and oxygen atoms in total. The molecule has 1 fully saturated rings. The first-order chi connectivity index (χ1) is 8.38. The average molecular weight is 268 g/mol. The van der Waals surface area contributed by atoms with Gasteiger partial charge in [0.2, 0.25) is 5.91 Å². The first kappa shape index (κ1) is 13.4. The van der Waals surface area contributed by atoms with E-state index < -0.39 is 0 Å². The predicted molar refractivity (Wildman–Crippen MR) is 71.6 cm³/mol. The fourth-order valence-electron chi connectivity index (χ4n) is 2.10. The van der Waals surface area contributed by atoms with Crippen molar-refractivity contribution in [3.8, 4) is 0 Å². The van der Waals surface area contributed by atoms with E-state index in [2.05, 4.69) is 0 Å². The zero-order valence-electron chi connectivity index (χ0n) is 10.9. The Morgan fingerprint density at radius 1 is 1.28 bits per heavy atom. The molecule has 4 heteroatoms. The first-order valence-corrected chi connectivity index (χ1v) is 6.43. The standard InChI is InChI=1S/C14H18ClNO2/c1-14(2,3)16-8-12(18-9-13(16)17)10-4-6-11(15)7-5-10/h4-7,12H,8-9H2,1-3H3/t12-/m1/s1. The highest BCUT2D eigenvalue weighted by Gasteiger charge is 2.33. The molecular formula is C14H18ClNO2. The molecule has 1 aliphatic heterocycles. The molecule has 0 bridgehead atoms. The van der Waals surface area contributed by atoms with Gasteiger partial charge in [-0.3, -0.25) is 4.79 Å². The summed E-state index contributed by atoms with van der Waals surface area (Å²) in [6.45, 7) is 6.84. The van der Waals surface area contributed by atoms with Gasteiger partial charge in [-0.15, -0.1) is 0 Å². The molecular weight excluding hydrogens is 250 g/mol. The minimum atomic E-state index is -0.175. The maximum Gasteiger partial charge on any atom is 0.249 e. The SMILES string of the molecule is CC(C)(C)N1C[C@H](c2ccc(Cl)cc2)OCC1=O. The Bertz CT molecular complexity index is 436. The largest absolute Gasteiger partial charge is 0.362 e. The Kier molecular flexibility index (Phi) is 3.64. The van der Waals surface area contributed by atoms with Crippen LogP contribution in [0.2, 0.25) is 5.02 Å². The van der Waals surface area contributed by atoms with Crippen molar-refractivity contribution in [1.82, 2.24) is 4.90 Å². The fourth-order valence-corrected chi connectivity index (χ4v) is 2.22. The van der Waals surface area contributed by atoms with E-state index in [1.54, 1.807) is 0 Å². The smallest absolute Gasteiger partial charge is 0.249 e. The first-order valence-electron chi connectivity index (χ1n) is 6.05. The summed E-state index contributed by atoms with van der Waals surface area (Å²) in [6.07, 6.45) is -0.0702. The lowest BCUT2D eigenvalue weighted by Gasteiger charge is -2.41. The van der Waals surface area contributed by atoms with E-state index in [-0.39, 0.29) is 24.2 Å². The van der Waals surface area contributed by atoms with Crippen LogP contribution in [0, 0.1) is 0 Å². The van der Waals surface area contributed by atoms with Crippen LogP contribution in [0.25, 0.3) is 0 Å². The number of halogens is 1. The summed E-state index contributed by atoms with van der Waals surface area (Å²) in [6, 6.07) is 7.59. The zero-order chi connectivity index (χ0) is 13.3. The van der Waals surface area contributed by atoms with Crippen LogP contribution in [0.4, 0.5) is 0 Å². The van der Waals surface area contributed by atoms with E-state index in [9.17, 15) is 4.79 Å². The molecule has 0 unspecified atom stereocenters. The maximum atomic E-state index is 11.9. The lowest BCUT2D eigenvalue weighted by Crippen LogP contribution is -2.52. The van der Waals surface area contributed by atoms with Crippen LogP contribution in [0.15, 0.2) is 24.3 Å². The number of benzene rings is 1. The molecule has 1 atom stereocenters. The van der Waals surface area contributed by atoms with Crippen LogP contribution < -0.4 is 0 Å². The van der Waals surface area contributed by atoms with Gasteiger partial charge in [-0.1, -0.05) is 23.7 Å². The van der Waals surface area contributed by atoms with Crippen molar-refractivity contribution in [2.45, 2.75) is 32.4 Å². The summed E-state index contributed by atoms with van der Waals surface area (Å²) in [5, 5.41) is 0.707. The second kappa shape index (κ2) is 4.90. The van der Waals surface area contributed by atoms with Crippen molar-refractivity contribution in [3.05, 3.63) is 34.9 Å². The number of morpholine rings is 1. The van der Waals surface area contributed by atoms with Crippen LogP contribution in [0.5, 0.6) is 0 Å². The van der Waals surface area contributed by atoms with Crippen LogP contribution in [-0.4, -0.2) is 29.5 Å². The Labute approximate surface area is 113 Å². The highest BCUT2D eigenvalue weighted by atomic mass is 35.5. The van der Waals surface area contributed by atoms with Crippen LogP contribution in [0.1, 0.15) is 32.4 Å². The number of hydrogen-bond acceptors (Lipinski definition) is 2. The number of carbonyl (C=O) groups excluding carboxylic acids is 1. The summed E-state index contributed by atoms with van der Waals surface area (Å²) in [5.41, 5.74) is 0.882. The fraction of sp³-hybridized carbons (Fsp3) is 0.500. The minimum Gasteiger partial charge on any atom is -0.362 e. The highest BCUT2D eigenvalue weighted by Crippen LogP contribution is 2.27. The van der Waals surface area contributed by atoms with Gasteiger partial charge in [0, 0.05) is 10.6 Å². The molecule has 0 N–H and O–H groups in total. The minimum absolute atomic E-state index is 0.0488. The zero-order valence-corrected chi connectivity index (χ0v) is 11.7. The molecule has 2 rings (SSSR count). The van der Waals surface area contributed by atoms with Crippen molar-refractivity contribution < 1.29 is 9.53 Å². The molecule has 1 aromatic rings.